The van der Waals surface area contributed by atoms with Crippen molar-refractivity contribution in [2.75, 3.05) is 23.8 Å². The van der Waals surface area contributed by atoms with Gasteiger partial charge in [0.2, 0.25) is 5.91 Å². The first-order valence-corrected chi connectivity index (χ1v) is 10.00. The Hall–Kier alpha value is -3.01. The molecule has 0 spiro atoms. The highest BCUT2D eigenvalue weighted by atomic mass is 16.5. The van der Waals surface area contributed by atoms with Gasteiger partial charge in [0.25, 0.3) is 0 Å². The Morgan fingerprint density at radius 3 is 2.57 bits per heavy atom. The van der Waals surface area contributed by atoms with Crippen LogP contribution in [0.25, 0.3) is 10.8 Å². The Labute approximate surface area is 166 Å². The van der Waals surface area contributed by atoms with E-state index in [0.29, 0.717) is 6.61 Å². The van der Waals surface area contributed by atoms with Crippen LogP contribution in [0.5, 0.6) is 5.75 Å². The third kappa shape index (κ3) is 6.02. The lowest BCUT2D eigenvalue weighted by Gasteiger charge is -2.11. The maximum Gasteiger partial charge on any atom is 0.243 e. The van der Waals surface area contributed by atoms with Crippen molar-refractivity contribution < 1.29 is 9.53 Å². The number of carbonyl (C=O) groups is 1. The number of rotatable bonds is 10. The fourth-order valence-corrected chi connectivity index (χ4v) is 3.07. The van der Waals surface area contributed by atoms with Crippen molar-refractivity contribution in [1.29, 1.82) is 0 Å². The standard InChI is InChI=1S/C24H28N2O2/c1-2-3-4-7-15-28-23-12-8-11-22(17-23)26-24(27)18-25-21-14-13-19-9-5-6-10-20(19)16-21/h5-6,8-14,16-17,25H,2-4,7,15,18H2,1H3,(H,26,27). The lowest BCUT2D eigenvalue weighted by atomic mass is 10.1. The summed E-state index contributed by atoms with van der Waals surface area (Å²) in [4.78, 5) is 12.3. The average molecular weight is 377 g/mol. The first kappa shape index (κ1) is 19.7. The zero-order valence-corrected chi connectivity index (χ0v) is 16.4. The van der Waals surface area contributed by atoms with E-state index < -0.39 is 0 Å². The van der Waals surface area contributed by atoms with Crippen molar-refractivity contribution in [3.63, 3.8) is 0 Å². The van der Waals surface area contributed by atoms with Gasteiger partial charge in [-0.15, -0.1) is 0 Å². The summed E-state index contributed by atoms with van der Waals surface area (Å²) in [5.74, 6) is 0.699. The van der Waals surface area contributed by atoms with Gasteiger partial charge in [0.05, 0.1) is 13.2 Å². The summed E-state index contributed by atoms with van der Waals surface area (Å²) in [6.45, 7) is 3.11. The maximum atomic E-state index is 12.3. The number of benzene rings is 3. The van der Waals surface area contributed by atoms with Gasteiger partial charge >= 0.3 is 0 Å². The SMILES string of the molecule is CCCCCCOc1cccc(NC(=O)CNc2ccc3ccccc3c2)c1. The summed E-state index contributed by atoms with van der Waals surface area (Å²) < 4.78 is 5.78. The van der Waals surface area contributed by atoms with Crippen molar-refractivity contribution in [2.45, 2.75) is 32.6 Å². The minimum absolute atomic E-state index is 0.0896. The van der Waals surface area contributed by atoms with Crippen LogP contribution in [0.3, 0.4) is 0 Å². The van der Waals surface area contributed by atoms with E-state index in [9.17, 15) is 4.79 Å². The average Bonchev–Trinajstić information content (AvgIpc) is 2.72. The number of amides is 1. The first-order chi connectivity index (χ1) is 13.7. The zero-order valence-electron chi connectivity index (χ0n) is 16.4. The summed E-state index contributed by atoms with van der Waals surface area (Å²) in [7, 11) is 0. The number of fused-ring (bicyclic) bond motifs is 1. The van der Waals surface area contributed by atoms with Crippen LogP contribution in [-0.4, -0.2) is 19.1 Å². The predicted octanol–water partition coefficient (Wildman–Crippen LogP) is 5.85. The quantitative estimate of drug-likeness (QED) is 0.436. The van der Waals surface area contributed by atoms with Gasteiger partial charge < -0.3 is 15.4 Å². The Bertz CT molecular complexity index is 908. The lowest BCUT2D eigenvalue weighted by molar-refractivity contribution is -0.114. The Morgan fingerprint density at radius 1 is 0.857 bits per heavy atom. The Balaban J connectivity index is 1.48. The summed E-state index contributed by atoms with van der Waals surface area (Å²) in [5.41, 5.74) is 1.68. The van der Waals surface area contributed by atoms with Crippen LogP contribution < -0.4 is 15.4 Å². The number of ether oxygens (including phenoxy) is 1. The second-order valence-corrected chi connectivity index (χ2v) is 6.90. The largest absolute Gasteiger partial charge is 0.494 e. The van der Waals surface area contributed by atoms with Crippen LogP contribution in [0.2, 0.25) is 0 Å². The molecule has 0 bridgehead atoms. The minimum atomic E-state index is -0.0896. The predicted molar refractivity (Wildman–Crippen MR) is 117 cm³/mol. The Morgan fingerprint density at radius 2 is 1.71 bits per heavy atom. The van der Waals surface area contributed by atoms with E-state index in [4.69, 9.17) is 4.74 Å². The zero-order chi connectivity index (χ0) is 19.6. The monoisotopic (exact) mass is 376 g/mol. The van der Waals surface area contributed by atoms with E-state index >= 15 is 0 Å². The topological polar surface area (TPSA) is 50.4 Å². The third-order valence-corrected chi connectivity index (χ3v) is 4.59. The van der Waals surface area contributed by atoms with E-state index in [1.54, 1.807) is 0 Å². The summed E-state index contributed by atoms with van der Waals surface area (Å²) in [6, 6.07) is 21.8. The van der Waals surface area contributed by atoms with E-state index in [-0.39, 0.29) is 12.5 Å². The molecule has 3 aromatic rings. The summed E-state index contributed by atoms with van der Waals surface area (Å²) in [5, 5.41) is 8.43. The lowest BCUT2D eigenvalue weighted by Crippen LogP contribution is -2.21. The first-order valence-electron chi connectivity index (χ1n) is 10.00. The van der Waals surface area contributed by atoms with Crippen molar-refractivity contribution in [1.82, 2.24) is 0 Å². The van der Waals surface area contributed by atoms with Crippen molar-refractivity contribution in [3.05, 3.63) is 66.7 Å². The molecule has 4 nitrogen and oxygen atoms in total. The van der Waals surface area contributed by atoms with Crippen LogP contribution in [0, 0.1) is 0 Å². The van der Waals surface area contributed by atoms with E-state index in [1.165, 1.54) is 24.6 Å². The molecule has 2 N–H and O–H groups in total. The third-order valence-electron chi connectivity index (χ3n) is 4.59. The van der Waals surface area contributed by atoms with Gasteiger partial charge in [0, 0.05) is 17.4 Å². The number of anilines is 2. The fraction of sp³-hybridized carbons (Fsp3) is 0.292. The van der Waals surface area contributed by atoms with Gasteiger partial charge in [-0.2, -0.15) is 0 Å². The molecule has 4 heteroatoms. The summed E-state index contributed by atoms with van der Waals surface area (Å²) >= 11 is 0. The normalized spacial score (nSPS) is 10.6. The molecule has 3 rings (SSSR count). The molecule has 0 saturated carbocycles. The van der Waals surface area contributed by atoms with Crippen LogP contribution in [-0.2, 0) is 4.79 Å². The van der Waals surface area contributed by atoms with Crippen LogP contribution in [0.4, 0.5) is 11.4 Å². The number of hydrogen-bond acceptors (Lipinski definition) is 3. The molecule has 0 atom stereocenters. The van der Waals surface area contributed by atoms with Gasteiger partial charge in [0.15, 0.2) is 0 Å². The molecular formula is C24H28N2O2. The molecule has 0 heterocycles. The van der Waals surface area contributed by atoms with Crippen LogP contribution in [0.1, 0.15) is 32.6 Å². The van der Waals surface area contributed by atoms with E-state index in [1.807, 2.05) is 42.5 Å². The molecule has 0 aromatic heterocycles. The molecule has 0 aliphatic rings. The number of hydrogen-bond donors (Lipinski definition) is 2. The maximum absolute atomic E-state index is 12.3. The van der Waals surface area contributed by atoms with Gasteiger partial charge in [-0.05, 0) is 41.5 Å². The highest BCUT2D eigenvalue weighted by Crippen LogP contribution is 2.20. The van der Waals surface area contributed by atoms with E-state index in [0.717, 1.165) is 28.9 Å². The molecule has 0 fully saturated rings. The van der Waals surface area contributed by atoms with Gasteiger partial charge in [-0.1, -0.05) is 62.6 Å². The smallest absolute Gasteiger partial charge is 0.243 e. The van der Waals surface area contributed by atoms with Crippen molar-refractivity contribution in [2.24, 2.45) is 0 Å². The molecule has 28 heavy (non-hydrogen) atoms. The molecule has 0 unspecified atom stereocenters. The van der Waals surface area contributed by atoms with Crippen molar-refractivity contribution in [3.8, 4) is 5.75 Å². The molecule has 146 valence electrons. The molecule has 3 aromatic carbocycles. The second-order valence-electron chi connectivity index (χ2n) is 6.90. The molecule has 0 saturated heterocycles. The molecule has 0 aliphatic heterocycles. The van der Waals surface area contributed by atoms with Gasteiger partial charge in [-0.3, -0.25) is 4.79 Å². The van der Waals surface area contributed by atoms with Crippen molar-refractivity contribution >= 4 is 28.1 Å². The highest BCUT2D eigenvalue weighted by molar-refractivity contribution is 5.94. The molecule has 1 amide bonds. The van der Waals surface area contributed by atoms with Gasteiger partial charge in [-0.25, -0.2) is 0 Å². The van der Waals surface area contributed by atoms with E-state index in [2.05, 4.69) is 41.8 Å². The second kappa shape index (κ2) is 10.4. The molecule has 0 aliphatic carbocycles. The van der Waals surface area contributed by atoms with Crippen LogP contribution >= 0.6 is 0 Å². The minimum Gasteiger partial charge on any atom is -0.494 e. The van der Waals surface area contributed by atoms with Gasteiger partial charge in [0.1, 0.15) is 5.75 Å². The molecular weight excluding hydrogens is 348 g/mol. The number of unbranched alkanes of at least 4 members (excludes halogenated alkanes) is 3. The Kier molecular flexibility index (Phi) is 7.30. The number of carbonyl (C=O) groups excluding carboxylic acids is 1. The fourth-order valence-electron chi connectivity index (χ4n) is 3.07. The highest BCUT2D eigenvalue weighted by Gasteiger charge is 2.04. The number of nitrogens with one attached hydrogen (secondary N) is 2. The molecule has 0 radical (unpaired) electrons. The van der Waals surface area contributed by atoms with Crippen LogP contribution in [0.15, 0.2) is 66.7 Å². The summed E-state index contributed by atoms with van der Waals surface area (Å²) in [6.07, 6.45) is 4.70.